The molecule has 1 aliphatic heterocycles. The molecule has 7 atom stereocenters. The van der Waals surface area contributed by atoms with Crippen LogP contribution in [0.3, 0.4) is 0 Å². The lowest BCUT2D eigenvalue weighted by Gasteiger charge is -2.58. The molecule has 0 bridgehead atoms. The van der Waals surface area contributed by atoms with Gasteiger partial charge in [0.25, 0.3) is 5.92 Å². The molecule has 0 spiro atoms. The normalized spacial score (nSPS) is 38.5. The van der Waals surface area contributed by atoms with Crippen LogP contribution in [-0.4, -0.2) is 86.3 Å². The van der Waals surface area contributed by atoms with Crippen LogP contribution in [0.4, 0.5) is 13.6 Å². The molecule has 1 saturated heterocycles. The highest BCUT2D eigenvalue weighted by Crippen LogP contribution is 2.66. The Labute approximate surface area is 244 Å². The second-order valence-corrected chi connectivity index (χ2v) is 15.3. The van der Waals surface area contributed by atoms with E-state index in [-0.39, 0.29) is 36.3 Å². The monoisotopic (exact) mass is 577 g/mol. The van der Waals surface area contributed by atoms with Crippen LogP contribution in [0.2, 0.25) is 0 Å². The van der Waals surface area contributed by atoms with Crippen LogP contribution >= 0.6 is 0 Å². The summed E-state index contributed by atoms with van der Waals surface area (Å²) in [7, 11) is 6.12. The number of hydrogen-bond acceptors (Lipinski definition) is 5. The molecule has 230 valence electrons. The number of rotatable bonds is 7. The van der Waals surface area contributed by atoms with Gasteiger partial charge in [-0.05, 0) is 86.5 Å². The first kappa shape index (κ1) is 30.6. The maximum atomic E-state index is 13.8. The lowest BCUT2D eigenvalue weighted by atomic mass is 9.46. The Hall–Kier alpha value is -1.87. The van der Waals surface area contributed by atoms with Crippen LogP contribution in [0.1, 0.15) is 78.6 Å². The van der Waals surface area contributed by atoms with E-state index in [1.165, 1.54) is 16.9 Å². The van der Waals surface area contributed by atoms with Crippen molar-refractivity contribution in [2.24, 2.45) is 39.7 Å². The molecule has 1 amide bonds. The molecule has 0 radical (unpaired) electrons. The van der Waals surface area contributed by atoms with Crippen LogP contribution in [0.15, 0.2) is 16.8 Å². The van der Waals surface area contributed by atoms with Crippen molar-refractivity contribution in [2.45, 2.75) is 90.5 Å². The lowest BCUT2D eigenvalue weighted by Crippen LogP contribution is -2.51. The summed E-state index contributed by atoms with van der Waals surface area (Å²) in [6.07, 6.45) is 9.48. The number of ketones is 1. The van der Waals surface area contributed by atoms with Gasteiger partial charge >= 0.3 is 6.09 Å². The number of allylic oxidation sites excluding steroid dienone is 1. The minimum Gasteiger partial charge on any atom is -0.329 e. The van der Waals surface area contributed by atoms with Gasteiger partial charge in [0.05, 0.1) is 46.5 Å². The number of oxime groups is 1. The third-order valence-corrected chi connectivity index (χ3v) is 11.7. The Morgan fingerprint density at radius 1 is 1.12 bits per heavy atom. The van der Waals surface area contributed by atoms with Crippen molar-refractivity contribution in [1.29, 1.82) is 0 Å². The molecule has 9 heteroatoms. The minimum absolute atomic E-state index is 0.117. The number of halogens is 2. The number of carbonyl (C=O) groups is 2. The summed E-state index contributed by atoms with van der Waals surface area (Å²) in [6.45, 7) is 7.73. The molecule has 1 N–H and O–H groups in total. The molecule has 7 nitrogen and oxygen atoms in total. The Bertz CT molecular complexity index is 1100. The molecule has 5 aliphatic rings. The van der Waals surface area contributed by atoms with Crippen LogP contribution in [-0.2, 0) is 9.63 Å². The first-order valence-corrected chi connectivity index (χ1v) is 15.8. The number of alkyl halides is 2. The minimum atomic E-state index is -2.75. The van der Waals surface area contributed by atoms with E-state index in [1.54, 1.807) is 0 Å². The number of nitrogens with one attached hydrogen (secondary N) is 1. The van der Waals surface area contributed by atoms with Gasteiger partial charge in [-0.15, -0.1) is 0 Å². The molecular formula is C32H51F2N4O3+. The molecule has 41 heavy (non-hydrogen) atoms. The fraction of sp³-hybridized carbons (Fsp3) is 0.844. The smallest absolute Gasteiger partial charge is 0.329 e. The van der Waals surface area contributed by atoms with Crippen LogP contribution in [0.25, 0.3) is 0 Å². The highest BCUT2D eigenvalue weighted by Gasteiger charge is 2.59. The predicted molar refractivity (Wildman–Crippen MR) is 156 cm³/mol. The van der Waals surface area contributed by atoms with Gasteiger partial charge in [0.15, 0.2) is 5.78 Å². The third-order valence-electron chi connectivity index (χ3n) is 11.7. The molecule has 1 unspecified atom stereocenters. The predicted octanol–water partition coefficient (Wildman–Crippen LogP) is 5.65. The first-order chi connectivity index (χ1) is 19.1. The number of carbonyl (C=O) groups excluding carboxylic acids is 2. The SMILES string of the molecule is C/C(=N\OC(=O)N(CC[N+](C)(C)C)CC1CC(F)(F)CN1)[C@H]1CC[C@H]2[C@@H]3CCC4=CC(=O)CC[C@]4(C)[C@H]3CC[C@]12C. The van der Waals surface area contributed by atoms with E-state index in [0.717, 1.165) is 44.2 Å². The topological polar surface area (TPSA) is 71.0 Å². The molecule has 1 heterocycles. The molecule has 4 fully saturated rings. The van der Waals surface area contributed by atoms with Gasteiger partial charge in [-0.2, -0.15) is 0 Å². The molecular weight excluding hydrogens is 526 g/mol. The van der Waals surface area contributed by atoms with E-state index in [4.69, 9.17) is 4.84 Å². The maximum Gasteiger partial charge on any atom is 0.436 e. The molecule has 4 aliphatic carbocycles. The number of quaternary nitrogens is 1. The Balaban J connectivity index is 1.25. The van der Waals surface area contributed by atoms with Crippen LogP contribution in [0.5, 0.6) is 0 Å². The zero-order chi connectivity index (χ0) is 29.8. The molecule has 0 aromatic carbocycles. The van der Waals surface area contributed by atoms with Crippen molar-refractivity contribution in [1.82, 2.24) is 10.2 Å². The van der Waals surface area contributed by atoms with Gasteiger partial charge in [-0.3, -0.25) is 14.5 Å². The largest absolute Gasteiger partial charge is 0.436 e. The molecule has 3 saturated carbocycles. The summed E-state index contributed by atoms with van der Waals surface area (Å²) in [5.41, 5.74) is 2.53. The van der Waals surface area contributed by atoms with Crippen molar-refractivity contribution in [3.63, 3.8) is 0 Å². The highest BCUT2D eigenvalue weighted by molar-refractivity contribution is 5.91. The summed E-state index contributed by atoms with van der Waals surface area (Å²) in [6, 6.07) is -0.463. The number of nitrogens with zero attached hydrogens (tertiary/aromatic N) is 3. The van der Waals surface area contributed by atoms with E-state index >= 15 is 0 Å². The van der Waals surface area contributed by atoms with Crippen LogP contribution < -0.4 is 5.32 Å². The van der Waals surface area contributed by atoms with Crippen LogP contribution in [0, 0.1) is 34.5 Å². The number of likely N-dealkylation sites (N-methyl/N-ethyl adjacent to an activating group) is 1. The fourth-order valence-corrected chi connectivity index (χ4v) is 9.35. The van der Waals surface area contributed by atoms with Gasteiger partial charge in [0.1, 0.15) is 0 Å². The Morgan fingerprint density at radius 3 is 2.56 bits per heavy atom. The lowest BCUT2D eigenvalue weighted by molar-refractivity contribution is -0.869. The summed E-state index contributed by atoms with van der Waals surface area (Å²) in [5.74, 6) is -0.285. The number of amides is 1. The average Bonchev–Trinajstić information content (AvgIpc) is 3.42. The first-order valence-electron chi connectivity index (χ1n) is 15.8. The van der Waals surface area contributed by atoms with E-state index in [0.29, 0.717) is 47.5 Å². The van der Waals surface area contributed by atoms with E-state index in [2.05, 4.69) is 24.3 Å². The summed E-state index contributed by atoms with van der Waals surface area (Å²) >= 11 is 0. The highest BCUT2D eigenvalue weighted by atomic mass is 19.3. The fourth-order valence-electron chi connectivity index (χ4n) is 9.35. The van der Waals surface area contributed by atoms with E-state index in [9.17, 15) is 18.4 Å². The molecule has 0 aromatic rings. The second-order valence-electron chi connectivity index (χ2n) is 15.3. The molecule has 5 rings (SSSR count). The average molecular weight is 578 g/mol. The van der Waals surface area contributed by atoms with Gasteiger partial charge in [0, 0.05) is 31.3 Å². The quantitative estimate of drug-likeness (QED) is 0.184. The summed E-state index contributed by atoms with van der Waals surface area (Å²) in [5, 5.41) is 7.27. The van der Waals surface area contributed by atoms with Crippen molar-refractivity contribution in [2.75, 3.05) is 47.3 Å². The van der Waals surface area contributed by atoms with Crippen molar-refractivity contribution >= 4 is 17.6 Å². The summed E-state index contributed by atoms with van der Waals surface area (Å²) in [4.78, 5) is 32.5. The van der Waals surface area contributed by atoms with Gasteiger partial charge in [-0.25, -0.2) is 13.6 Å². The van der Waals surface area contributed by atoms with Gasteiger partial charge in [-0.1, -0.05) is 24.6 Å². The van der Waals surface area contributed by atoms with Crippen molar-refractivity contribution in [3.05, 3.63) is 11.6 Å². The van der Waals surface area contributed by atoms with Crippen molar-refractivity contribution < 1.29 is 27.7 Å². The zero-order valence-electron chi connectivity index (χ0n) is 26.0. The summed E-state index contributed by atoms with van der Waals surface area (Å²) < 4.78 is 28.3. The second kappa shape index (κ2) is 11.0. The number of hydrogen-bond donors (Lipinski definition) is 1. The maximum absolute atomic E-state index is 13.8. The Kier molecular flexibility index (Phi) is 8.21. The van der Waals surface area contributed by atoms with Crippen molar-refractivity contribution in [3.8, 4) is 0 Å². The third kappa shape index (κ3) is 6.13. The number of fused-ring (bicyclic) bond motifs is 5. The van der Waals surface area contributed by atoms with E-state index in [1.807, 2.05) is 34.1 Å². The Morgan fingerprint density at radius 2 is 1.88 bits per heavy atom. The van der Waals surface area contributed by atoms with E-state index < -0.39 is 18.1 Å². The zero-order valence-corrected chi connectivity index (χ0v) is 26.0. The van der Waals surface area contributed by atoms with Gasteiger partial charge < -0.3 is 9.80 Å². The molecule has 0 aromatic heterocycles. The van der Waals surface area contributed by atoms with Gasteiger partial charge in [0.2, 0.25) is 0 Å². The standard InChI is InChI=1S/C32H51F2N4O3/c1-21(36-41-29(40)37(15-16-38(4,5)6)19-23-18-32(33,34)20-35-23)26-9-10-27-25-8-7-22-17-24(39)11-13-30(22,2)28(25)12-14-31(26,27)3/h17,23,25-28,35H,7-16,18-20H2,1-6H3/q+1/b36-21+/t23?,25-,26+,27-,28-,30-,31+/m0/s1.